The van der Waals surface area contributed by atoms with E-state index in [2.05, 4.69) is 20.7 Å². The van der Waals surface area contributed by atoms with Crippen molar-refractivity contribution in [3.63, 3.8) is 0 Å². The molecule has 7 heteroatoms. The number of hydrogen-bond donors (Lipinski definition) is 0. The van der Waals surface area contributed by atoms with E-state index < -0.39 is 22.4 Å². The predicted molar refractivity (Wildman–Crippen MR) is 57.0 cm³/mol. The highest BCUT2D eigenvalue weighted by atomic mass is 79.9. The van der Waals surface area contributed by atoms with Crippen molar-refractivity contribution in [1.29, 1.82) is 0 Å². The van der Waals surface area contributed by atoms with Crippen LogP contribution in [0.25, 0.3) is 0 Å². The molecule has 0 atom stereocenters. The Morgan fingerprint density at radius 1 is 1.62 bits per heavy atom. The van der Waals surface area contributed by atoms with E-state index >= 15 is 0 Å². The Morgan fingerprint density at radius 2 is 2.25 bits per heavy atom. The van der Waals surface area contributed by atoms with Gasteiger partial charge in [-0.2, -0.15) is 0 Å². The molecule has 0 bridgehead atoms. The number of benzene rings is 1. The SMILES string of the molecule is COC(=O)c1c(CBr)cc(F)cc1[N+](=O)[O-]. The number of carbonyl (C=O) groups excluding carboxylic acids is 1. The van der Waals surface area contributed by atoms with Crippen molar-refractivity contribution in [1.82, 2.24) is 0 Å². The number of ether oxygens (including phenoxy) is 1. The van der Waals surface area contributed by atoms with Gasteiger partial charge in [0.2, 0.25) is 0 Å². The first-order valence-corrected chi connectivity index (χ1v) is 5.24. The lowest BCUT2D eigenvalue weighted by Gasteiger charge is -2.06. The second kappa shape index (κ2) is 5.02. The molecule has 0 aliphatic rings. The second-order valence-electron chi connectivity index (χ2n) is 2.84. The molecule has 0 saturated carbocycles. The van der Waals surface area contributed by atoms with Gasteiger partial charge in [0.05, 0.1) is 18.1 Å². The Balaban J connectivity index is 3.51. The molecule has 0 N–H and O–H groups in total. The van der Waals surface area contributed by atoms with Crippen LogP contribution in [0.3, 0.4) is 0 Å². The molecule has 86 valence electrons. The molecule has 1 rings (SSSR count). The zero-order chi connectivity index (χ0) is 12.3. The molecular weight excluding hydrogens is 285 g/mol. The van der Waals surface area contributed by atoms with Crippen LogP contribution in [-0.4, -0.2) is 18.0 Å². The monoisotopic (exact) mass is 291 g/mol. The molecule has 0 unspecified atom stereocenters. The van der Waals surface area contributed by atoms with E-state index in [1.54, 1.807) is 0 Å². The van der Waals surface area contributed by atoms with Gasteiger partial charge in [-0.15, -0.1) is 0 Å². The van der Waals surface area contributed by atoms with Crippen LogP contribution in [0.5, 0.6) is 0 Å². The third kappa shape index (κ3) is 2.35. The number of hydrogen-bond acceptors (Lipinski definition) is 4. The number of nitrogens with zero attached hydrogens (tertiary/aromatic N) is 1. The van der Waals surface area contributed by atoms with Crippen molar-refractivity contribution in [2.24, 2.45) is 0 Å². The summed E-state index contributed by atoms with van der Waals surface area (Å²) in [6.07, 6.45) is 0. The quantitative estimate of drug-likeness (QED) is 0.371. The Kier molecular flexibility index (Phi) is 3.94. The van der Waals surface area contributed by atoms with E-state index in [-0.39, 0.29) is 16.5 Å². The van der Waals surface area contributed by atoms with Crippen LogP contribution in [0.4, 0.5) is 10.1 Å². The fourth-order valence-electron chi connectivity index (χ4n) is 1.23. The highest BCUT2D eigenvalue weighted by Crippen LogP contribution is 2.26. The summed E-state index contributed by atoms with van der Waals surface area (Å²) in [4.78, 5) is 21.2. The van der Waals surface area contributed by atoms with Crippen LogP contribution < -0.4 is 0 Å². The molecule has 16 heavy (non-hydrogen) atoms. The van der Waals surface area contributed by atoms with Gasteiger partial charge in [-0.25, -0.2) is 9.18 Å². The maximum Gasteiger partial charge on any atom is 0.345 e. The van der Waals surface area contributed by atoms with E-state index in [1.165, 1.54) is 0 Å². The number of esters is 1. The molecule has 5 nitrogen and oxygen atoms in total. The van der Waals surface area contributed by atoms with E-state index in [4.69, 9.17) is 0 Å². The lowest BCUT2D eigenvalue weighted by Crippen LogP contribution is -2.09. The predicted octanol–water partition coefficient (Wildman–Crippen LogP) is 2.42. The third-order valence-electron chi connectivity index (χ3n) is 1.89. The molecule has 0 aliphatic heterocycles. The minimum absolute atomic E-state index is 0.121. The highest BCUT2D eigenvalue weighted by molar-refractivity contribution is 9.08. The molecule has 0 spiro atoms. The van der Waals surface area contributed by atoms with Crippen molar-refractivity contribution >= 4 is 27.6 Å². The van der Waals surface area contributed by atoms with E-state index in [1.807, 2.05) is 0 Å². The molecule has 0 aliphatic carbocycles. The van der Waals surface area contributed by atoms with Gasteiger partial charge >= 0.3 is 5.97 Å². The Labute approximate surface area is 98.5 Å². The molecule has 0 amide bonds. The minimum Gasteiger partial charge on any atom is -0.465 e. The maximum absolute atomic E-state index is 13.0. The summed E-state index contributed by atoms with van der Waals surface area (Å²) in [5.41, 5.74) is -0.648. The van der Waals surface area contributed by atoms with Gasteiger partial charge in [0, 0.05) is 5.33 Å². The van der Waals surface area contributed by atoms with Crippen LogP contribution in [0.15, 0.2) is 12.1 Å². The Hall–Kier alpha value is -1.50. The average molecular weight is 292 g/mol. The maximum atomic E-state index is 13.0. The Bertz CT molecular complexity index is 449. The number of carbonyl (C=O) groups is 1. The number of rotatable bonds is 3. The number of alkyl halides is 1. The first kappa shape index (κ1) is 12.6. The third-order valence-corrected chi connectivity index (χ3v) is 2.50. The van der Waals surface area contributed by atoms with Crippen molar-refractivity contribution in [3.05, 3.63) is 39.2 Å². The van der Waals surface area contributed by atoms with Crippen LogP contribution in [0, 0.1) is 15.9 Å². The topological polar surface area (TPSA) is 69.4 Å². The normalized spacial score (nSPS) is 9.94. The standard InChI is InChI=1S/C9H7BrFNO4/c1-16-9(13)8-5(4-10)2-6(11)3-7(8)12(14)15/h2-3H,4H2,1H3. The molecule has 1 aromatic rings. The lowest BCUT2D eigenvalue weighted by atomic mass is 10.1. The summed E-state index contributed by atoms with van der Waals surface area (Å²) in [6.45, 7) is 0. The molecule has 0 aromatic heterocycles. The van der Waals surface area contributed by atoms with Gasteiger partial charge < -0.3 is 4.74 Å². The van der Waals surface area contributed by atoms with Crippen molar-refractivity contribution in [2.75, 3.05) is 7.11 Å². The summed E-state index contributed by atoms with van der Waals surface area (Å²) in [5.74, 6) is -1.63. The van der Waals surface area contributed by atoms with E-state index in [0.717, 1.165) is 13.2 Å². The first-order chi connectivity index (χ1) is 7.51. The van der Waals surface area contributed by atoms with Crippen LogP contribution in [0.1, 0.15) is 15.9 Å². The minimum atomic E-state index is -0.860. The second-order valence-corrected chi connectivity index (χ2v) is 3.40. The average Bonchev–Trinajstić information content (AvgIpc) is 2.26. The fraction of sp³-hybridized carbons (Fsp3) is 0.222. The Morgan fingerprint density at radius 3 is 2.69 bits per heavy atom. The summed E-state index contributed by atoms with van der Waals surface area (Å²) in [6, 6.07) is 1.74. The molecule has 1 aromatic carbocycles. The molecule has 0 fully saturated rings. The van der Waals surface area contributed by atoms with E-state index in [9.17, 15) is 19.3 Å². The van der Waals surface area contributed by atoms with Crippen molar-refractivity contribution in [3.8, 4) is 0 Å². The van der Waals surface area contributed by atoms with Crippen molar-refractivity contribution in [2.45, 2.75) is 5.33 Å². The van der Waals surface area contributed by atoms with Gasteiger partial charge in [-0.1, -0.05) is 15.9 Å². The molecule has 0 radical (unpaired) electrons. The smallest absolute Gasteiger partial charge is 0.345 e. The zero-order valence-corrected chi connectivity index (χ0v) is 9.78. The van der Waals surface area contributed by atoms with Gasteiger partial charge in [-0.3, -0.25) is 10.1 Å². The fourth-order valence-corrected chi connectivity index (χ4v) is 1.68. The van der Waals surface area contributed by atoms with Gasteiger partial charge in [0.25, 0.3) is 5.69 Å². The number of nitro groups is 1. The van der Waals surface area contributed by atoms with Gasteiger partial charge in [-0.05, 0) is 11.6 Å². The number of methoxy groups -OCH3 is 1. The molecule has 0 saturated heterocycles. The van der Waals surface area contributed by atoms with Crippen LogP contribution in [-0.2, 0) is 10.1 Å². The summed E-state index contributed by atoms with van der Waals surface area (Å²) in [7, 11) is 1.10. The van der Waals surface area contributed by atoms with Crippen LogP contribution >= 0.6 is 15.9 Å². The summed E-state index contributed by atoms with van der Waals surface area (Å²) < 4.78 is 17.5. The van der Waals surface area contributed by atoms with Crippen LogP contribution in [0.2, 0.25) is 0 Å². The number of halogens is 2. The van der Waals surface area contributed by atoms with Gasteiger partial charge in [0.15, 0.2) is 0 Å². The number of nitro benzene ring substituents is 1. The molecular formula is C9H7BrFNO4. The zero-order valence-electron chi connectivity index (χ0n) is 8.20. The lowest BCUT2D eigenvalue weighted by molar-refractivity contribution is -0.385. The largest absolute Gasteiger partial charge is 0.465 e. The highest BCUT2D eigenvalue weighted by Gasteiger charge is 2.25. The summed E-state index contributed by atoms with van der Waals surface area (Å²) >= 11 is 3.03. The van der Waals surface area contributed by atoms with E-state index in [0.29, 0.717) is 6.07 Å². The summed E-state index contributed by atoms with van der Waals surface area (Å²) in [5, 5.41) is 10.8. The molecule has 0 heterocycles. The van der Waals surface area contributed by atoms with Crippen molar-refractivity contribution < 1.29 is 18.8 Å². The first-order valence-electron chi connectivity index (χ1n) is 4.12. The van der Waals surface area contributed by atoms with Gasteiger partial charge in [0.1, 0.15) is 11.4 Å².